The van der Waals surface area contributed by atoms with Crippen LogP contribution in [0, 0.1) is 0 Å². The Hall–Kier alpha value is -5.63. The molecule has 4 aromatic rings. The van der Waals surface area contributed by atoms with E-state index in [0.29, 0.717) is 22.8 Å². The fourth-order valence-corrected chi connectivity index (χ4v) is 6.52. The summed E-state index contributed by atoms with van der Waals surface area (Å²) in [4.78, 5) is 72.7. The van der Waals surface area contributed by atoms with E-state index in [1.807, 2.05) is 30.3 Å². The van der Waals surface area contributed by atoms with Crippen molar-refractivity contribution in [3.8, 4) is 5.75 Å². The number of ether oxygens (including phenoxy) is 3. The van der Waals surface area contributed by atoms with Crippen molar-refractivity contribution in [1.82, 2.24) is 10.2 Å². The van der Waals surface area contributed by atoms with Crippen molar-refractivity contribution in [1.29, 1.82) is 0 Å². The van der Waals surface area contributed by atoms with Crippen LogP contribution in [0.5, 0.6) is 5.75 Å². The van der Waals surface area contributed by atoms with Crippen LogP contribution in [-0.2, 0) is 25.6 Å². The van der Waals surface area contributed by atoms with Gasteiger partial charge in [0.25, 0.3) is 11.8 Å². The molecule has 5 amide bonds. The quantitative estimate of drug-likeness (QED) is 0.182. The molecule has 0 fully saturated rings. The minimum Gasteiger partial charge on any atom is -0.496 e. The molecule has 0 saturated carbocycles. The standard InChI is InChI=1S/C42H48BrN5O8/c1-25(46(8)40(53)56-42(5,6)7)36(49)45-32-24-48(37(50)26-14-18-29(19-15-26)44-39(52)55-41(2,3)4)34-13-11-10-12-33(34)47(38(32)51)23-31-30-20-17-28(43)22-27(30)16-21-35(31)54-9/h10-22,25,32H,23-24H2,1-9H3,(H,44,52)(H,45,49). The number of benzene rings is 4. The lowest BCUT2D eigenvalue weighted by Gasteiger charge is -2.30. The predicted octanol–water partition coefficient (Wildman–Crippen LogP) is 7.89. The topological polar surface area (TPSA) is 147 Å². The zero-order valence-corrected chi connectivity index (χ0v) is 34.6. The fourth-order valence-electron chi connectivity index (χ4n) is 6.14. The molecule has 0 aliphatic carbocycles. The molecule has 5 rings (SSSR count). The Balaban J connectivity index is 1.55. The van der Waals surface area contributed by atoms with Crippen LogP contribution in [0.4, 0.5) is 26.7 Å². The van der Waals surface area contributed by atoms with Crippen LogP contribution in [0.25, 0.3) is 10.8 Å². The van der Waals surface area contributed by atoms with E-state index in [2.05, 4.69) is 26.6 Å². The molecule has 1 heterocycles. The van der Waals surface area contributed by atoms with E-state index in [0.717, 1.165) is 25.7 Å². The van der Waals surface area contributed by atoms with Gasteiger partial charge in [-0.15, -0.1) is 0 Å². The molecule has 13 nitrogen and oxygen atoms in total. The molecule has 0 bridgehead atoms. The molecule has 14 heteroatoms. The number of amides is 5. The van der Waals surface area contributed by atoms with Gasteiger partial charge in [-0.2, -0.15) is 0 Å². The van der Waals surface area contributed by atoms with Crippen LogP contribution in [0.2, 0.25) is 0 Å². The van der Waals surface area contributed by atoms with E-state index in [-0.39, 0.29) is 18.7 Å². The summed E-state index contributed by atoms with van der Waals surface area (Å²) >= 11 is 3.54. The van der Waals surface area contributed by atoms with Crippen LogP contribution in [0.15, 0.2) is 83.3 Å². The van der Waals surface area contributed by atoms with Gasteiger partial charge in [0.05, 0.1) is 31.6 Å². The number of rotatable bonds is 8. The maximum absolute atomic E-state index is 14.9. The Morgan fingerprint density at radius 3 is 2.16 bits per heavy atom. The number of fused-ring (bicyclic) bond motifs is 2. The maximum atomic E-state index is 14.9. The second-order valence-electron chi connectivity index (χ2n) is 15.5. The summed E-state index contributed by atoms with van der Waals surface area (Å²) in [5, 5.41) is 7.27. The van der Waals surface area contributed by atoms with Crippen molar-refractivity contribution < 1.29 is 38.2 Å². The highest BCUT2D eigenvalue weighted by atomic mass is 79.9. The maximum Gasteiger partial charge on any atom is 0.412 e. The minimum atomic E-state index is -1.25. The number of likely N-dealkylation sites (N-methyl/N-ethyl adjacent to an activating group) is 1. The highest BCUT2D eigenvalue weighted by Crippen LogP contribution is 2.38. The molecule has 0 saturated heterocycles. The van der Waals surface area contributed by atoms with Crippen molar-refractivity contribution in [2.24, 2.45) is 0 Å². The van der Waals surface area contributed by atoms with Gasteiger partial charge in [-0.25, -0.2) is 9.59 Å². The molecule has 0 aromatic heterocycles. The SMILES string of the molecule is COc1ccc2cc(Br)ccc2c1CN1C(=O)C(NC(=O)C(C)N(C)C(=O)OC(C)(C)C)CN(C(=O)c2ccc(NC(=O)OC(C)(C)C)cc2)c2ccccc21. The Bertz CT molecular complexity index is 2140. The minimum absolute atomic E-state index is 0.0325. The summed E-state index contributed by atoms with van der Waals surface area (Å²) in [5.41, 5.74) is 0.764. The number of halogens is 1. The third-order valence-electron chi connectivity index (χ3n) is 8.96. The molecule has 1 aliphatic rings. The number of para-hydroxylation sites is 2. The number of carbonyl (C=O) groups is 5. The van der Waals surface area contributed by atoms with Gasteiger partial charge >= 0.3 is 12.2 Å². The first-order valence-corrected chi connectivity index (χ1v) is 18.9. The zero-order chi connectivity index (χ0) is 41.1. The second-order valence-corrected chi connectivity index (χ2v) is 16.4. The summed E-state index contributed by atoms with van der Waals surface area (Å²) in [6.07, 6.45) is -1.35. The fraction of sp³-hybridized carbons (Fsp3) is 0.357. The average molecular weight is 831 g/mol. The first-order chi connectivity index (χ1) is 26.3. The van der Waals surface area contributed by atoms with Gasteiger partial charge in [0.2, 0.25) is 5.91 Å². The van der Waals surface area contributed by atoms with Gasteiger partial charge in [0.1, 0.15) is 29.0 Å². The number of hydrogen-bond acceptors (Lipinski definition) is 8. The lowest BCUT2D eigenvalue weighted by molar-refractivity contribution is -0.130. The van der Waals surface area contributed by atoms with E-state index in [4.69, 9.17) is 14.2 Å². The zero-order valence-electron chi connectivity index (χ0n) is 33.1. The van der Waals surface area contributed by atoms with Gasteiger partial charge in [-0.1, -0.05) is 40.2 Å². The Kier molecular flexibility index (Phi) is 12.3. The van der Waals surface area contributed by atoms with Crippen LogP contribution in [0.1, 0.15) is 64.4 Å². The second kappa shape index (κ2) is 16.6. The molecular weight excluding hydrogens is 782 g/mol. The monoisotopic (exact) mass is 829 g/mol. The van der Waals surface area contributed by atoms with Gasteiger partial charge in [0, 0.05) is 28.3 Å². The number of nitrogens with zero attached hydrogens (tertiary/aromatic N) is 3. The molecule has 296 valence electrons. The first kappa shape index (κ1) is 41.5. The Morgan fingerprint density at radius 1 is 0.893 bits per heavy atom. The predicted molar refractivity (Wildman–Crippen MR) is 219 cm³/mol. The number of nitrogens with one attached hydrogen (secondary N) is 2. The molecular formula is C42H48BrN5O8. The van der Waals surface area contributed by atoms with Crippen molar-refractivity contribution in [2.45, 2.75) is 78.3 Å². The van der Waals surface area contributed by atoms with E-state index < -0.39 is 53.2 Å². The molecule has 2 atom stereocenters. The normalized spacial score (nSPS) is 15.0. The lowest BCUT2D eigenvalue weighted by Crippen LogP contribution is -2.57. The number of carbonyl (C=O) groups excluding carboxylic acids is 5. The van der Waals surface area contributed by atoms with Gasteiger partial charge < -0.3 is 29.3 Å². The van der Waals surface area contributed by atoms with E-state index in [1.54, 1.807) is 102 Å². The largest absolute Gasteiger partial charge is 0.496 e. The lowest BCUT2D eigenvalue weighted by atomic mass is 10.0. The van der Waals surface area contributed by atoms with Crippen LogP contribution < -0.4 is 25.2 Å². The van der Waals surface area contributed by atoms with Crippen LogP contribution >= 0.6 is 15.9 Å². The summed E-state index contributed by atoms with van der Waals surface area (Å²) in [6.45, 7) is 11.8. The van der Waals surface area contributed by atoms with Gasteiger partial charge in [-0.3, -0.25) is 24.6 Å². The molecule has 4 aromatic carbocycles. The van der Waals surface area contributed by atoms with Crippen molar-refractivity contribution >= 4 is 73.7 Å². The van der Waals surface area contributed by atoms with Crippen molar-refractivity contribution in [3.63, 3.8) is 0 Å². The van der Waals surface area contributed by atoms with E-state index in [9.17, 15) is 24.0 Å². The first-order valence-electron chi connectivity index (χ1n) is 18.1. The highest BCUT2D eigenvalue weighted by Gasteiger charge is 2.39. The van der Waals surface area contributed by atoms with Crippen molar-refractivity contribution in [2.75, 3.05) is 35.8 Å². The molecule has 0 spiro atoms. The highest BCUT2D eigenvalue weighted by molar-refractivity contribution is 9.10. The van der Waals surface area contributed by atoms with Crippen molar-refractivity contribution in [3.05, 3.63) is 94.5 Å². The summed E-state index contributed by atoms with van der Waals surface area (Å²) in [7, 11) is 3.00. The molecule has 2 N–H and O–H groups in total. The number of hydrogen-bond donors (Lipinski definition) is 2. The van der Waals surface area contributed by atoms with Crippen LogP contribution in [0.3, 0.4) is 0 Å². The van der Waals surface area contributed by atoms with E-state index in [1.165, 1.54) is 18.9 Å². The average Bonchev–Trinajstić information content (AvgIpc) is 3.23. The van der Waals surface area contributed by atoms with Gasteiger partial charge in [-0.05, 0) is 114 Å². The number of anilines is 3. The Morgan fingerprint density at radius 2 is 1.54 bits per heavy atom. The third-order valence-corrected chi connectivity index (χ3v) is 9.45. The summed E-state index contributed by atoms with van der Waals surface area (Å²) in [5.74, 6) is -1.02. The number of methoxy groups -OCH3 is 1. The Labute approximate surface area is 335 Å². The smallest absolute Gasteiger partial charge is 0.412 e. The summed E-state index contributed by atoms with van der Waals surface area (Å²) < 4.78 is 17.5. The molecule has 56 heavy (non-hydrogen) atoms. The van der Waals surface area contributed by atoms with E-state index >= 15 is 0 Å². The summed E-state index contributed by atoms with van der Waals surface area (Å²) in [6, 6.07) is 20.6. The molecule has 1 aliphatic heterocycles. The molecule has 2 unspecified atom stereocenters. The van der Waals surface area contributed by atoms with Crippen LogP contribution in [-0.4, -0.2) is 78.8 Å². The third kappa shape index (κ3) is 9.78. The molecule has 0 radical (unpaired) electrons. The van der Waals surface area contributed by atoms with Gasteiger partial charge in [0.15, 0.2) is 0 Å².